The minimum atomic E-state index is -0.657. The molecule has 2 atom stereocenters. The summed E-state index contributed by atoms with van der Waals surface area (Å²) < 4.78 is 1.99. The van der Waals surface area contributed by atoms with E-state index < -0.39 is 5.60 Å². The molecule has 3 N–H and O–H groups in total. The van der Waals surface area contributed by atoms with Gasteiger partial charge in [-0.2, -0.15) is 16.9 Å². The molecule has 1 aromatic rings. The van der Waals surface area contributed by atoms with E-state index in [0.717, 1.165) is 61.5 Å². The van der Waals surface area contributed by atoms with E-state index in [0.29, 0.717) is 6.54 Å². The molecule has 7 nitrogen and oxygen atoms in total. The van der Waals surface area contributed by atoms with Gasteiger partial charge in [0.25, 0.3) is 0 Å². The van der Waals surface area contributed by atoms with Crippen LogP contribution in [0.25, 0.3) is 0 Å². The van der Waals surface area contributed by atoms with E-state index in [1.54, 1.807) is 11.8 Å². The largest absolute Gasteiger partial charge is 0.387 e. The number of rotatable bonds is 4. The van der Waals surface area contributed by atoms with Gasteiger partial charge in [-0.15, -0.1) is 24.0 Å². The molecule has 1 fully saturated rings. The van der Waals surface area contributed by atoms with Crippen LogP contribution in [0.3, 0.4) is 0 Å². The van der Waals surface area contributed by atoms with Gasteiger partial charge in [0, 0.05) is 18.8 Å². The number of halogens is 1. The van der Waals surface area contributed by atoms with Crippen LogP contribution in [0.5, 0.6) is 0 Å². The maximum atomic E-state index is 10.5. The molecule has 0 aromatic carbocycles. The molecule has 136 valence electrons. The second kappa shape index (κ2) is 8.70. The molecule has 24 heavy (non-hydrogen) atoms. The second-order valence-electron chi connectivity index (χ2n) is 6.30. The molecule has 0 aliphatic carbocycles. The zero-order valence-electron chi connectivity index (χ0n) is 14.3. The van der Waals surface area contributed by atoms with Crippen molar-refractivity contribution in [1.29, 1.82) is 0 Å². The van der Waals surface area contributed by atoms with Crippen molar-refractivity contribution in [2.45, 2.75) is 51.3 Å². The maximum Gasteiger partial charge on any atom is 0.191 e. The number of hydrogen-bond donors (Lipinski definition) is 3. The van der Waals surface area contributed by atoms with E-state index in [1.807, 2.05) is 18.5 Å². The van der Waals surface area contributed by atoms with Crippen molar-refractivity contribution in [2.75, 3.05) is 24.6 Å². The van der Waals surface area contributed by atoms with Crippen LogP contribution >= 0.6 is 35.7 Å². The Morgan fingerprint density at radius 1 is 1.54 bits per heavy atom. The van der Waals surface area contributed by atoms with E-state index in [2.05, 4.69) is 25.7 Å². The van der Waals surface area contributed by atoms with Crippen molar-refractivity contribution in [3.63, 3.8) is 0 Å². The van der Waals surface area contributed by atoms with Gasteiger partial charge >= 0.3 is 0 Å². The Kier molecular flexibility index (Phi) is 7.17. The summed E-state index contributed by atoms with van der Waals surface area (Å²) in [4.78, 5) is 9.17. The molecule has 1 saturated heterocycles. The number of hydrogen-bond acceptors (Lipinski definition) is 5. The first kappa shape index (κ1) is 19.8. The Morgan fingerprint density at radius 3 is 3.08 bits per heavy atom. The van der Waals surface area contributed by atoms with Crippen molar-refractivity contribution in [3.8, 4) is 0 Å². The Bertz CT molecular complexity index is 572. The molecular formula is C15H27IN6OS. The number of aliphatic imine (C=N–C) groups is 1. The van der Waals surface area contributed by atoms with Crippen molar-refractivity contribution in [1.82, 2.24) is 25.4 Å². The highest BCUT2D eigenvalue weighted by Crippen LogP contribution is 2.28. The van der Waals surface area contributed by atoms with Crippen molar-refractivity contribution in [3.05, 3.63) is 11.6 Å². The molecule has 2 aliphatic rings. The van der Waals surface area contributed by atoms with Crippen molar-refractivity contribution < 1.29 is 5.11 Å². The molecule has 2 aliphatic heterocycles. The first-order valence-electron chi connectivity index (χ1n) is 8.36. The van der Waals surface area contributed by atoms with Gasteiger partial charge in [0.15, 0.2) is 5.96 Å². The van der Waals surface area contributed by atoms with E-state index >= 15 is 0 Å². The monoisotopic (exact) mass is 466 g/mol. The summed E-state index contributed by atoms with van der Waals surface area (Å²) in [5, 5.41) is 21.6. The van der Waals surface area contributed by atoms with Gasteiger partial charge in [0.1, 0.15) is 11.6 Å². The van der Waals surface area contributed by atoms with Crippen LogP contribution in [-0.2, 0) is 6.54 Å². The van der Waals surface area contributed by atoms with E-state index in [1.165, 1.54) is 0 Å². The molecule has 0 spiro atoms. The minimum Gasteiger partial charge on any atom is -0.387 e. The predicted molar refractivity (Wildman–Crippen MR) is 108 cm³/mol. The molecule has 1 aromatic heterocycles. The fourth-order valence-corrected chi connectivity index (χ4v) is 4.32. The molecule has 0 amide bonds. The fraction of sp³-hybridized carbons (Fsp3) is 0.800. The van der Waals surface area contributed by atoms with Crippen LogP contribution in [0.4, 0.5) is 0 Å². The van der Waals surface area contributed by atoms with Gasteiger partial charge in [0.05, 0.1) is 18.2 Å². The number of nitrogens with zero attached hydrogens (tertiary/aromatic N) is 4. The van der Waals surface area contributed by atoms with Gasteiger partial charge in [-0.25, -0.2) is 9.67 Å². The molecular weight excluding hydrogens is 439 g/mol. The zero-order valence-corrected chi connectivity index (χ0v) is 17.4. The summed E-state index contributed by atoms with van der Waals surface area (Å²) in [6, 6.07) is 0.121. The lowest BCUT2D eigenvalue weighted by molar-refractivity contribution is 0.0778. The number of nitrogens with one attached hydrogen (secondary N) is 2. The average Bonchev–Trinajstić information content (AvgIpc) is 3.11. The number of guanidine groups is 1. The van der Waals surface area contributed by atoms with Gasteiger partial charge in [-0.1, -0.05) is 0 Å². The molecule has 0 radical (unpaired) electrons. The smallest absolute Gasteiger partial charge is 0.191 e. The Labute approximate surface area is 164 Å². The molecule has 3 heterocycles. The van der Waals surface area contributed by atoms with Crippen LogP contribution in [-0.4, -0.2) is 56.0 Å². The Balaban J connectivity index is 0.00000208. The predicted octanol–water partition coefficient (Wildman–Crippen LogP) is 1.46. The summed E-state index contributed by atoms with van der Waals surface area (Å²) >= 11 is 1.79. The summed E-state index contributed by atoms with van der Waals surface area (Å²) in [6.07, 6.45) is 2.91. The van der Waals surface area contributed by atoms with Crippen molar-refractivity contribution >= 4 is 41.7 Å². The zero-order chi connectivity index (χ0) is 16.3. The highest BCUT2D eigenvalue weighted by atomic mass is 127. The number of aliphatic hydroxyl groups is 1. The van der Waals surface area contributed by atoms with Crippen LogP contribution in [0.2, 0.25) is 0 Å². The van der Waals surface area contributed by atoms with Gasteiger partial charge in [-0.3, -0.25) is 4.99 Å². The Hall–Kier alpha value is -0.550. The molecule has 2 unspecified atom stereocenters. The van der Waals surface area contributed by atoms with Crippen molar-refractivity contribution in [2.24, 2.45) is 4.99 Å². The van der Waals surface area contributed by atoms with E-state index in [-0.39, 0.29) is 30.0 Å². The lowest BCUT2D eigenvalue weighted by atomic mass is 10.0. The van der Waals surface area contributed by atoms with Crippen LogP contribution < -0.4 is 10.6 Å². The van der Waals surface area contributed by atoms with Crippen LogP contribution in [0.1, 0.15) is 43.9 Å². The topological polar surface area (TPSA) is 87.4 Å². The SMILES string of the molecule is CCNC(=NCC1(O)CCSC1)NC1CCCn2nc(C)nc21.I. The lowest BCUT2D eigenvalue weighted by Gasteiger charge is -2.26. The van der Waals surface area contributed by atoms with E-state index in [4.69, 9.17) is 0 Å². The first-order chi connectivity index (χ1) is 11.1. The molecule has 9 heteroatoms. The van der Waals surface area contributed by atoms with E-state index in [9.17, 15) is 5.11 Å². The first-order valence-corrected chi connectivity index (χ1v) is 9.51. The van der Waals surface area contributed by atoms with Gasteiger partial charge in [-0.05, 0) is 38.9 Å². The summed E-state index contributed by atoms with van der Waals surface area (Å²) in [5.74, 6) is 4.33. The summed E-state index contributed by atoms with van der Waals surface area (Å²) in [5.41, 5.74) is -0.657. The summed E-state index contributed by atoms with van der Waals surface area (Å²) in [6.45, 7) is 6.13. The Morgan fingerprint density at radius 2 is 2.38 bits per heavy atom. The molecule has 0 saturated carbocycles. The number of aryl methyl sites for hydroxylation is 2. The third kappa shape index (κ3) is 4.75. The van der Waals surface area contributed by atoms with Crippen LogP contribution in [0, 0.1) is 6.92 Å². The molecule has 0 bridgehead atoms. The normalized spacial score (nSPS) is 26.6. The number of thioether (sulfide) groups is 1. The summed E-state index contributed by atoms with van der Waals surface area (Å²) in [7, 11) is 0. The quantitative estimate of drug-likeness (QED) is 0.354. The average molecular weight is 466 g/mol. The molecule has 3 rings (SSSR count). The lowest BCUT2D eigenvalue weighted by Crippen LogP contribution is -2.43. The third-order valence-electron chi connectivity index (χ3n) is 4.25. The van der Waals surface area contributed by atoms with Crippen LogP contribution in [0.15, 0.2) is 4.99 Å². The minimum absolute atomic E-state index is 0. The highest BCUT2D eigenvalue weighted by Gasteiger charge is 2.32. The van der Waals surface area contributed by atoms with Gasteiger partial charge in [0.2, 0.25) is 0 Å². The maximum absolute atomic E-state index is 10.5. The third-order valence-corrected chi connectivity index (χ3v) is 5.48. The fourth-order valence-electron chi connectivity index (χ4n) is 3.04. The van der Waals surface area contributed by atoms with Gasteiger partial charge < -0.3 is 15.7 Å². The highest BCUT2D eigenvalue weighted by molar-refractivity contribution is 14.0. The number of aromatic nitrogens is 3. The second-order valence-corrected chi connectivity index (χ2v) is 7.41. The standard InChI is InChI=1S/C15H26N6OS.HI/c1-3-16-14(17-9-15(22)6-8-23-10-15)19-12-5-4-7-21-13(12)18-11(2)20-21;/h12,22H,3-10H2,1-2H3,(H2,16,17,19);1H. The number of fused-ring (bicyclic) bond motifs is 1.